The number of unbranched alkanes of at least 4 members (excludes halogenated alkanes) is 5. The lowest BCUT2D eigenvalue weighted by Gasteiger charge is -2.05. The van der Waals surface area contributed by atoms with E-state index >= 15 is 0 Å². The zero-order valence-corrected chi connectivity index (χ0v) is 9.26. The van der Waals surface area contributed by atoms with Gasteiger partial charge in [-0.2, -0.15) is 5.26 Å². The van der Waals surface area contributed by atoms with Crippen molar-refractivity contribution in [2.45, 2.75) is 51.5 Å². The summed E-state index contributed by atoms with van der Waals surface area (Å²) in [6, 6.07) is 2.16. The maximum absolute atomic E-state index is 8.51. The zero-order chi connectivity index (χ0) is 10.6. The maximum Gasteiger partial charge on any atom is 0.0924 e. The highest BCUT2D eigenvalue weighted by atomic mass is 14.9. The predicted octanol–water partition coefficient (Wildman–Crippen LogP) is 3.01. The first-order chi connectivity index (χ1) is 6.81. The van der Waals surface area contributed by atoms with Crippen LogP contribution >= 0.6 is 0 Å². The minimum absolute atomic E-state index is 0.00392. The van der Waals surface area contributed by atoms with Crippen LogP contribution in [0.15, 0.2) is 12.7 Å². The van der Waals surface area contributed by atoms with Gasteiger partial charge in [-0.25, -0.2) is 0 Å². The van der Waals surface area contributed by atoms with Crippen molar-refractivity contribution in [1.29, 1.82) is 5.26 Å². The van der Waals surface area contributed by atoms with Gasteiger partial charge in [0, 0.05) is 0 Å². The molecule has 2 heteroatoms. The van der Waals surface area contributed by atoms with E-state index in [2.05, 4.69) is 18.0 Å². The molecule has 1 atom stereocenters. The van der Waals surface area contributed by atoms with Crippen LogP contribution in [-0.2, 0) is 0 Å². The van der Waals surface area contributed by atoms with Crippen LogP contribution in [0.3, 0.4) is 0 Å². The quantitative estimate of drug-likeness (QED) is 0.452. The molecule has 0 saturated carbocycles. The highest BCUT2D eigenvalue weighted by Crippen LogP contribution is 2.04. The van der Waals surface area contributed by atoms with Gasteiger partial charge in [-0.05, 0) is 32.7 Å². The van der Waals surface area contributed by atoms with E-state index in [0.29, 0.717) is 0 Å². The Morgan fingerprint density at radius 2 is 1.93 bits per heavy atom. The zero-order valence-electron chi connectivity index (χ0n) is 9.26. The minimum atomic E-state index is -0.00392. The SMILES string of the molecule is C=CCCCCCCCNC(C)C#N. The molecule has 1 unspecified atom stereocenters. The summed E-state index contributed by atoms with van der Waals surface area (Å²) < 4.78 is 0. The summed E-state index contributed by atoms with van der Waals surface area (Å²) >= 11 is 0. The van der Waals surface area contributed by atoms with Gasteiger partial charge in [0.05, 0.1) is 12.1 Å². The van der Waals surface area contributed by atoms with Crippen LogP contribution in [0.25, 0.3) is 0 Å². The van der Waals surface area contributed by atoms with E-state index in [1.54, 1.807) is 0 Å². The molecule has 0 aromatic heterocycles. The smallest absolute Gasteiger partial charge is 0.0924 e. The molecule has 0 aliphatic carbocycles. The molecule has 0 aromatic rings. The van der Waals surface area contributed by atoms with Gasteiger partial charge in [-0.1, -0.05) is 25.3 Å². The molecular weight excluding hydrogens is 172 g/mol. The van der Waals surface area contributed by atoms with Gasteiger partial charge in [0.15, 0.2) is 0 Å². The molecule has 2 nitrogen and oxygen atoms in total. The first-order valence-corrected chi connectivity index (χ1v) is 5.55. The Morgan fingerprint density at radius 3 is 2.57 bits per heavy atom. The monoisotopic (exact) mass is 194 g/mol. The topological polar surface area (TPSA) is 35.8 Å². The fourth-order valence-corrected chi connectivity index (χ4v) is 1.31. The van der Waals surface area contributed by atoms with E-state index in [1.165, 1.54) is 32.1 Å². The fourth-order valence-electron chi connectivity index (χ4n) is 1.31. The van der Waals surface area contributed by atoms with Gasteiger partial charge in [0.2, 0.25) is 0 Å². The Kier molecular flexibility index (Phi) is 9.68. The van der Waals surface area contributed by atoms with E-state index in [-0.39, 0.29) is 6.04 Å². The van der Waals surface area contributed by atoms with Crippen molar-refractivity contribution in [1.82, 2.24) is 5.32 Å². The standard InChI is InChI=1S/C12H22N2/c1-3-4-5-6-7-8-9-10-14-12(2)11-13/h3,12,14H,1,4-10H2,2H3. The molecule has 0 fully saturated rings. The number of nitriles is 1. The first kappa shape index (κ1) is 13.2. The minimum Gasteiger partial charge on any atom is -0.302 e. The van der Waals surface area contributed by atoms with Crippen molar-refractivity contribution in [3.8, 4) is 6.07 Å². The van der Waals surface area contributed by atoms with Crippen molar-refractivity contribution < 1.29 is 0 Å². The summed E-state index contributed by atoms with van der Waals surface area (Å²) in [4.78, 5) is 0. The number of hydrogen-bond acceptors (Lipinski definition) is 2. The number of rotatable bonds is 9. The molecule has 14 heavy (non-hydrogen) atoms. The van der Waals surface area contributed by atoms with Crippen molar-refractivity contribution in [3.05, 3.63) is 12.7 Å². The summed E-state index contributed by atoms with van der Waals surface area (Å²) in [6.45, 7) is 6.56. The van der Waals surface area contributed by atoms with Crippen LogP contribution in [0.5, 0.6) is 0 Å². The molecule has 1 N–H and O–H groups in total. The molecule has 0 aliphatic heterocycles. The van der Waals surface area contributed by atoms with Crippen molar-refractivity contribution >= 4 is 0 Å². The molecule has 0 amide bonds. The summed E-state index contributed by atoms with van der Waals surface area (Å²) in [5, 5.41) is 11.7. The molecule has 0 bridgehead atoms. The van der Waals surface area contributed by atoms with E-state index in [0.717, 1.165) is 13.0 Å². The maximum atomic E-state index is 8.51. The molecule has 0 aliphatic rings. The second-order valence-corrected chi connectivity index (χ2v) is 3.65. The van der Waals surface area contributed by atoms with E-state index in [1.807, 2.05) is 13.0 Å². The third kappa shape index (κ3) is 9.28. The van der Waals surface area contributed by atoms with Gasteiger partial charge in [-0.3, -0.25) is 0 Å². The third-order valence-corrected chi connectivity index (χ3v) is 2.23. The van der Waals surface area contributed by atoms with E-state index in [9.17, 15) is 0 Å². The fraction of sp³-hybridized carbons (Fsp3) is 0.750. The van der Waals surface area contributed by atoms with Gasteiger partial charge >= 0.3 is 0 Å². The van der Waals surface area contributed by atoms with Crippen LogP contribution in [0.4, 0.5) is 0 Å². The lowest BCUT2D eigenvalue weighted by molar-refractivity contribution is 0.561. The van der Waals surface area contributed by atoms with Gasteiger partial charge in [0.25, 0.3) is 0 Å². The largest absolute Gasteiger partial charge is 0.302 e. The summed E-state index contributed by atoms with van der Waals surface area (Å²) in [7, 11) is 0. The second kappa shape index (κ2) is 10.3. The average Bonchev–Trinajstić information content (AvgIpc) is 2.21. The number of hydrogen-bond donors (Lipinski definition) is 1. The summed E-state index contributed by atoms with van der Waals surface area (Å²) in [5.74, 6) is 0. The molecular formula is C12H22N2. The molecule has 0 aromatic carbocycles. The first-order valence-electron chi connectivity index (χ1n) is 5.55. The highest BCUT2D eigenvalue weighted by molar-refractivity contribution is 4.84. The van der Waals surface area contributed by atoms with Crippen LogP contribution in [0.1, 0.15) is 45.4 Å². The Balaban J connectivity index is 2.99. The lowest BCUT2D eigenvalue weighted by atomic mass is 10.1. The summed E-state index contributed by atoms with van der Waals surface area (Å²) in [6.07, 6.45) is 9.45. The number of nitrogens with one attached hydrogen (secondary N) is 1. The Labute approximate surface area is 88.0 Å². The third-order valence-electron chi connectivity index (χ3n) is 2.23. The van der Waals surface area contributed by atoms with Crippen molar-refractivity contribution in [2.75, 3.05) is 6.54 Å². The van der Waals surface area contributed by atoms with Crippen LogP contribution in [0.2, 0.25) is 0 Å². The molecule has 80 valence electrons. The average molecular weight is 194 g/mol. The van der Waals surface area contributed by atoms with E-state index < -0.39 is 0 Å². The van der Waals surface area contributed by atoms with Crippen LogP contribution < -0.4 is 5.32 Å². The second-order valence-electron chi connectivity index (χ2n) is 3.65. The lowest BCUT2D eigenvalue weighted by Crippen LogP contribution is -2.25. The highest BCUT2D eigenvalue weighted by Gasteiger charge is 1.95. The Morgan fingerprint density at radius 1 is 1.29 bits per heavy atom. The van der Waals surface area contributed by atoms with Gasteiger partial charge < -0.3 is 5.32 Å². The number of nitrogens with zero attached hydrogens (tertiary/aromatic N) is 1. The molecule has 0 radical (unpaired) electrons. The predicted molar refractivity (Wildman–Crippen MR) is 61.0 cm³/mol. The molecule has 0 heterocycles. The Bertz CT molecular complexity index is 170. The Hall–Kier alpha value is -0.810. The van der Waals surface area contributed by atoms with Crippen LogP contribution in [0, 0.1) is 11.3 Å². The van der Waals surface area contributed by atoms with Crippen molar-refractivity contribution in [2.24, 2.45) is 0 Å². The normalized spacial score (nSPS) is 12.0. The van der Waals surface area contributed by atoms with Crippen molar-refractivity contribution in [3.63, 3.8) is 0 Å². The molecule has 0 spiro atoms. The van der Waals surface area contributed by atoms with Gasteiger partial charge in [0.1, 0.15) is 0 Å². The van der Waals surface area contributed by atoms with Gasteiger partial charge in [-0.15, -0.1) is 6.58 Å². The summed E-state index contributed by atoms with van der Waals surface area (Å²) in [5.41, 5.74) is 0. The van der Waals surface area contributed by atoms with Crippen LogP contribution in [-0.4, -0.2) is 12.6 Å². The van der Waals surface area contributed by atoms with E-state index in [4.69, 9.17) is 5.26 Å². The number of allylic oxidation sites excluding steroid dienone is 1. The molecule has 0 saturated heterocycles. The molecule has 0 rings (SSSR count).